The summed E-state index contributed by atoms with van der Waals surface area (Å²) in [6.45, 7) is 1.87. The van der Waals surface area contributed by atoms with Crippen molar-refractivity contribution in [2.45, 2.75) is 19.4 Å². The zero-order chi connectivity index (χ0) is 13.1. The van der Waals surface area contributed by atoms with Gasteiger partial charge in [0.2, 0.25) is 0 Å². The molecule has 0 heterocycles. The van der Waals surface area contributed by atoms with Gasteiger partial charge in [-0.05, 0) is 30.6 Å². The van der Waals surface area contributed by atoms with Crippen LogP contribution in [0.3, 0.4) is 0 Å². The first-order chi connectivity index (χ1) is 8.83. The molecule has 0 aliphatic rings. The second-order valence-corrected chi connectivity index (χ2v) is 3.96. The third kappa shape index (κ3) is 6.78. The fraction of sp³-hybridized carbons (Fsp3) is 0.385. The molecule has 2 N–H and O–H groups in total. The van der Waals surface area contributed by atoms with Crippen LogP contribution < -0.4 is 10.6 Å². The van der Waals surface area contributed by atoms with Crippen LogP contribution >= 0.6 is 12.2 Å². The third-order valence-electron chi connectivity index (χ3n) is 2.34. The highest BCUT2D eigenvalue weighted by molar-refractivity contribution is 7.78. The van der Waals surface area contributed by atoms with E-state index in [1.54, 1.807) is 0 Å². The molecule has 96 valence electrons. The monoisotopic (exact) mass is 263 g/mol. The summed E-state index contributed by atoms with van der Waals surface area (Å²) in [6.07, 6.45) is 1.79. The van der Waals surface area contributed by atoms with Crippen LogP contribution in [0.1, 0.15) is 18.4 Å². The average Bonchev–Trinajstić information content (AvgIpc) is 2.41. The number of hydrogen-bond acceptors (Lipinski definition) is 3. The Kier molecular flexibility index (Phi) is 7.44. The lowest BCUT2D eigenvalue weighted by atomic mass is 10.2. The highest BCUT2D eigenvalue weighted by atomic mass is 32.1. The van der Waals surface area contributed by atoms with Crippen molar-refractivity contribution in [1.82, 2.24) is 10.6 Å². The Morgan fingerprint density at radius 1 is 1.22 bits per heavy atom. The summed E-state index contributed by atoms with van der Waals surface area (Å²) in [6, 6.07) is 9.66. The number of nitrogens with one attached hydrogen (secondary N) is 2. The lowest BCUT2D eigenvalue weighted by Crippen LogP contribution is -2.35. The molecule has 4 nitrogen and oxygen atoms in total. The first-order valence-electron chi connectivity index (χ1n) is 5.92. The van der Waals surface area contributed by atoms with Crippen LogP contribution in [0.2, 0.25) is 0 Å². The van der Waals surface area contributed by atoms with Gasteiger partial charge in [-0.15, -0.1) is 0 Å². The quantitative estimate of drug-likeness (QED) is 0.451. The summed E-state index contributed by atoms with van der Waals surface area (Å²) < 4.78 is 0. The number of carbonyl (C=O) groups excluding carboxylic acids is 1. The van der Waals surface area contributed by atoms with Crippen LogP contribution in [-0.2, 0) is 6.54 Å². The van der Waals surface area contributed by atoms with E-state index in [0.29, 0.717) is 19.6 Å². The number of thiocarbonyl (C=S) groups is 1. The minimum Gasteiger partial charge on any atom is -0.338 e. The maximum absolute atomic E-state index is 11.4. The number of aliphatic imine (C=N–C) groups is 1. The second-order valence-electron chi connectivity index (χ2n) is 3.78. The molecule has 1 aromatic rings. The molecule has 1 aromatic carbocycles. The minimum atomic E-state index is -0.141. The molecule has 0 saturated heterocycles. The van der Waals surface area contributed by atoms with E-state index >= 15 is 0 Å². The van der Waals surface area contributed by atoms with E-state index in [1.165, 1.54) is 0 Å². The summed E-state index contributed by atoms with van der Waals surface area (Å²) in [5.41, 5.74) is 1.09. The van der Waals surface area contributed by atoms with Crippen LogP contribution in [0.15, 0.2) is 35.3 Å². The summed E-state index contributed by atoms with van der Waals surface area (Å²) >= 11 is 4.46. The number of isothiocyanates is 1. The van der Waals surface area contributed by atoms with Gasteiger partial charge in [0.1, 0.15) is 0 Å². The van der Waals surface area contributed by atoms with E-state index in [0.717, 1.165) is 18.4 Å². The van der Waals surface area contributed by atoms with Gasteiger partial charge in [-0.2, -0.15) is 0 Å². The Morgan fingerprint density at radius 2 is 2.00 bits per heavy atom. The molecule has 0 bridgehead atoms. The van der Waals surface area contributed by atoms with Crippen molar-refractivity contribution >= 4 is 23.4 Å². The van der Waals surface area contributed by atoms with Crippen molar-refractivity contribution < 1.29 is 4.79 Å². The van der Waals surface area contributed by atoms with Gasteiger partial charge in [-0.3, -0.25) is 0 Å². The topological polar surface area (TPSA) is 53.5 Å². The molecule has 0 aromatic heterocycles. The van der Waals surface area contributed by atoms with Gasteiger partial charge in [0.25, 0.3) is 0 Å². The Balaban J connectivity index is 2.05. The van der Waals surface area contributed by atoms with Crippen LogP contribution in [0.4, 0.5) is 4.79 Å². The fourth-order valence-electron chi connectivity index (χ4n) is 1.40. The van der Waals surface area contributed by atoms with Crippen LogP contribution in [0.5, 0.6) is 0 Å². The molecular formula is C13H17N3OS. The molecule has 1 rings (SSSR count). The number of carbonyl (C=O) groups is 1. The maximum Gasteiger partial charge on any atom is 0.315 e. The Bertz CT molecular complexity index is 402. The average molecular weight is 263 g/mol. The van der Waals surface area contributed by atoms with E-state index < -0.39 is 0 Å². The SMILES string of the molecule is O=C(NCCCCN=C=S)NCc1ccccc1. The van der Waals surface area contributed by atoms with Gasteiger partial charge in [-0.25, -0.2) is 9.79 Å². The highest BCUT2D eigenvalue weighted by Gasteiger charge is 1.98. The van der Waals surface area contributed by atoms with E-state index in [4.69, 9.17) is 0 Å². The third-order valence-corrected chi connectivity index (χ3v) is 2.47. The van der Waals surface area contributed by atoms with E-state index in [9.17, 15) is 4.79 Å². The van der Waals surface area contributed by atoms with Crippen LogP contribution in [0, 0.1) is 0 Å². The number of unbranched alkanes of at least 4 members (excludes halogenated alkanes) is 1. The van der Waals surface area contributed by atoms with Gasteiger partial charge >= 0.3 is 6.03 Å². The van der Waals surface area contributed by atoms with E-state index in [2.05, 4.69) is 33.0 Å². The predicted octanol–water partition coefficient (Wildman–Crippen LogP) is 2.37. The molecule has 0 aliphatic heterocycles. The van der Waals surface area contributed by atoms with Gasteiger partial charge in [-0.1, -0.05) is 30.3 Å². The minimum absolute atomic E-state index is 0.141. The van der Waals surface area contributed by atoms with Gasteiger partial charge in [0.05, 0.1) is 5.16 Å². The zero-order valence-corrected chi connectivity index (χ0v) is 11.0. The van der Waals surface area contributed by atoms with Crippen LogP contribution in [-0.4, -0.2) is 24.3 Å². The largest absolute Gasteiger partial charge is 0.338 e. The predicted molar refractivity (Wildman–Crippen MR) is 75.8 cm³/mol. The standard InChI is InChI=1S/C13H17N3OS/c17-13(15-9-5-4-8-14-11-18)16-10-12-6-2-1-3-7-12/h1-3,6-7H,4-5,8-10H2,(H2,15,16,17). The Hall–Kier alpha value is -1.71. The number of rotatable bonds is 7. The number of nitrogens with zero attached hydrogens (tertiary/aromatic N) is 1. The van der Waals surface area contributed by atoms with Crippen molar-refractivity contribution in [3.05, 3.63) is 35.9 Å². The van der Waals surface area contributed by atoms with Gasteiger partial charge in [0, 0.05) is 19.6 Å². The Labute approximate surface area is 113 Å². The molecule has 0 aliphatic carbocycles. The first-order valence-corrected chi connectivity index (χ1v) is 6.33. The van der Waals surface area contributed by atoms with Crippen molar-refractivity contribution in [3.8, 4) is 0 Å². The van der Waals surface area contributed by atoms with Crippen molar-refractivity contribution in [1.29, 1.82) is 0 Å². The smallest absolute Gasteiger partial charge is 0.315 e. The molecule has 0 unspecified atom stereocenters. The molecule has 0 atom stereocenters. The number of benzene rings is 1. The summed E-state index contributed by atoms with van der Waals surface area (Å²) in [4.78, 5) is 15.2. The van der Waals surface area contributed by atoms with Gasteiger partial charge < -0.3 is 10.6 Å². The molecule has 18 heavy (non-hydrogen) atoms. The molecule has 0 radical (unpaired) electrons. The molecule has 0 saturated carbocycles. The van der Waals surface area contributed by atoms with Crippen LogP contribution in [0.25, 0.3) is 0 Å². The maximum atomic E-state index is 11.4. The summed E-state index contributed by atoms with van der Waals surface area (Å²) in [5.74, 6) is 0. The van der Waals surface area contributed by atoms with E-state index in [-0.39, 0.29) is 6.03 Å². The highest BCUT2D eigenvalue weighted by Crippen LogP contribution is 1.96. The number of urea groups is 1. The summed E-state index contributed by atoms with van der Waals surface area (Å²) in [5, 5.41) is 7.90. The molecule has 0 fully saturated rings. The summed E-state index contributed by atoms with van der Waals surface area (Å²) in [7, 11) is 0. The van der Waals surface area contributed by atoms with Gasteiger partial charge in [0.15, 0.2) is 0 Å². The Morgan fingerprint density at radius 3 is 2.72 bits per heavy atom. The molecule has 0 spiro atoms. The van der Waals surface area contributed by atoms with Crippen molar-refractivity contribution in [2.24, 2.45) is 4.99 Å². The normalized spacial score (nSPS) is 9.33. The number of amides is 2. The molecule has 5 heteroatoms. The molecule has 2 amide bonds. The zero-order valence-electron chi connectivity index (χ0n) is 10.2. The lowest BCUT2D eigenvalue weighted by molar-refractivity contribution is 0.240. The van der Waals surface area contributed by atoms with Crippen molar-refractivity contribution in [2.75, 3.05) is 13.1 Å². The number of hydrogen-bond donors (Lipinski definition) is 2. The van der Waals surface area contributed by atoms with E-state index in [1.807, 2.05) is 30.3 Å². The van der Waals surface area contributed by atoms with Crippen molar-refractivity contribution in [3.63, 3.8) is 0 Å². The first kappa shape index (κ1) is 14.4. The fourth-order valence-corrected chi connectivity index (χ4v) is 1.50. The second kappa shape index (κ2) is 9.33. The lowest BCUT2D eigenvalue weighted by Gasteiger charge is -2.07. The molecular weight excluding hydrogens is 246 g/mol.